The third-order valence-corrected chi connectivity index (χ3v) is 5.18. The first-order valence-electron chi connectivity index (χ1n) is 9.19. The van der Waals surface area contributed by atoms with Gasteiger partial charge in [-0.25, -0.2) is 4.79 Å². The average Bonchev–Trinajstić information content (AvgIpc) is 2.72. The molecule has 5 nitrogen and oxygen atoms in total. The van der Waals surface area contributed by atoms with Crippen LogP contribution in [0, 0.1) is 6.92 Å². The fraction of sp³-hybridized carbons (Fsp3) is 0.174. The summed E-state index contributed by atoms with van der Waals surface area (Å²) >= 11 is 12.1. The lowest BCUT2D eigenvalue weighted by Crippen LogP contribution is -2.05. The lowest BCUT2D eigenvalue weighted by Gasteiger charge is -2.14. The molecule has 0 radical (unpaired) electrons. The number of hydrogen-bond acceptors (Lipinski definition) is 4. The van der Waals surface area contributed by atoms with Crippen molar-refractivity contribution in [2.75, 3.05) is 12.4 Å². The molecule has 0 aliphatic carbocycles. The average molecular weight is 446 g/mol. The smallest absolute Gasteiger partial charge is 0.335 e. The molecule has 156 valence electrons. The number of methoxy groups -OCH3 is 1. The van der Waals surface area contributed by atoms with Crippen LogP contribution in [0.25, 0.3) is 0 Å². The number of ether oxygens (including phenoxy) is 2. The fourth-order valence-corrected chi connectivity index (χ4v) is 3.34. The van der Waals surface area contributed by atoms with Gasteiger partial charge >= 0.3 is 5.97 Å². The molecular weight excluding hydrogens is 425 g/mol. The summed E-state index contributed by atoms with van der Waals surface area (Å²) in [6.45, 7) is 2.71. The van der Waals surface area contributed by atoms with Crippen LogP contribution in [0.2, 0.25) is 10.0 Å². The van der Waals surface area contributed by atoms with Crippen LogP contribution in [0.15, 0.2) is 54.6 Å². The Morgan fingerprint density at radius 3 is 2.53 bits per heavy atom. The maximum Gasteiger partial charge on any atom is 0.335 e. The number of carboxylic acids is 1. The van der Waals surface area contributed by atoms with Gasteiger partial charge in [-0.2, -0.15) is 0 Å². The van der Waals surface area contributed by atoms with Crippen LogP contribution in [0.1, 0.15) is 27.0 Å². The maximum atomic E-state index is 11.2. The number of benzene rings is 3. The topological polar surface area (TPSA) is 67.8 Å². The van der Waals surface area contributed by atoms with Crippen LogP contribution in [0.5, 0.6) is 11.5 Å². The lowest BCUT2D eigenvalue weighted by molar-refractivity contribution is 0.0697. The Bertz CT molecular complexity index is 1070. The highest BCUT2D eigenvalue weighted by molar-refractivity contribution is 6.35. The lowest BCUT2D eigenvalue weighted by atomic mass is 10.1. The van der Waals surface area contributed by atoms with E-state index in [0.29, 0.717) is 28.1 Å². The van der Waals surface area contributed by atoms with Crippen molar-refractivity contribution < 1.29 is 19.4 Å². The second-order valence-corrected chi connectivity index (χ2v) is 7.54. The summed E-state index contributed by atoms with van der Waals surface area (Å²) in [7, 11) is 1.58. The van der Waals surface area contributed by atoms with Gasteiger partial charge in [-0.3, -0.25) is 0 Å². The molecule has 0 unspecified atom stereocenters. The van der Waals surface area contributed by atoms with Crippen molar-refractivity contribution in [3.63, 3.8) is 0 Å². The SMILES string of the molecule is COc1cc(CNc2cc(C(=O)O)ccc2C)ccc1OCc1ccc(Cl)cc1Cl. The highest BCUT2D eigenvalue weighted by atomic mass is 35.5. The number of carbonyl (C=O) groups is 1. The third kappa shape index (κ3) is 5.38. The second-order valence-electron chi connectivity index (χ2n) is 6.70. The number of anilines is 1. The minimum atomic E-state index is -0.956. The minimum Gasteiger partial charge on any atom is -0.493 e. The number of halogens is 2. The molecule has 3 aromatic carbocycles. The summed E-state index contributed by atoms with van der Waals surface area (Å²) in [4.78, 5) is 11.2. The Labute approximate surface area is 185 Å². The molecule has 0 fully saturated rings. The Hall–Kier alpha value is -2.89. The molecule has 0 aliphatic heterocycles. The van der Waals surface area contributed by atoms with Gasteiger partial charge < -0.3 is 19.9 Å². The maximum absolute atomic E-state index is 11.2. The van der Waals surface area contributed by atoms with Gasteiger partial charge in [0.15, 0.2) is 11.5 Å². The van der Waals surface area contributed by atoms with Gasteiger partial charge in [0.1, 0.15) is 6.61 Å². The van der Waals surface area contributed by atoms with E-state index in [1.54, 1.807) is 37.4 Å². The van der Waals surface area contributed by atoms with Crippen LogP contribution < -0.4 is 14.8 Å². The summed E-state index contributed by atoms with van der Waals surface area (Å²) < 4.78 is 11.3. The van der Waals surface area contributed by atoms with Crippen molar-refractivity contribution in [3.8, 4) is 11.5 Å². The van der Waals surface area contributed by atoms with Crippen molar-refractivity contribution in [2.24, 2.45) is 0 Å². The first-order chi connectivity index (χ1) is 14.4. The molecule has 3 rings (SSSR count). The van der Waals surface area contributed by atoms with Crippen LogP contribution in [-0.4, -0.2) is 18.2 Å². The van der Waals surface area contributed by atoms with Gasteiger partial charge in [0, 0.05) is 27.8 Å². The van der Waals surface area contributed by atoms with Gasteiger partial charge in [-0.15, -0.1) is 0 Å². The van der Waals surface area contributed by atoms with Gasteiger partial charge in [-0.1, -0.05) is 41.4 Å². The molecule has 3 aromatic rings. The molecule has 0 aliphatic rings. The Morgan fingerprint density at radius 1 is 1.03 bits per heavy atom. The molecule has 0 saturated carbocycles. The number of hydrogen-bond donors (Lipinski definition) is 2. The van der Waals surface area contributed by atoms with E-state index in [-0.39, 0.29) is 12.2 Å². The summed E-state index contributed by atoms with van der Waals surface area (Å²) in [6, 6.07) is 15.9. The van der Waals surface area contributed by atoms with Gasteiger partial charge in [-0.05, 0) is 54.4 Å². The van der Waals surface area contributed by atoms with Crippen LogP contribution in [0.4, 0.5) is 5.69 Å². The Balaban J connectivity index is 1.69. The summed E-state index contributed by atoms with van der Waals surface area (Å²) in [5.41, 5.74) is 3.76. The predicted molar refractivity (Wildman–Crippen MR) is 119 cm³/mol. The van der Waals surface area contributed by atoms with Crippen LogP contribution in [-0.2, 0) is 13.2 Å². The molecule has 0 saturated heterocycles. The van der Waals surface area contributed by atoms with E-state index in [1.807, 2.05) is 31.2 Å². The number of carboxylic acid groups (broad SMARTS) is 1. The summed E-state index contributed by atoms with van der Waals surface area (Å²) in [5.74, 6) is 0.230. The summed E-state index contributed by atoms with van der Waals surface area (Å²) in [5, 5.41) is 13.6. The number of aryl methyl sites for hydroxylation is 1. The number of nitrogens with one attached hydrogen (secondary N) is 1. The monoisotopic (exact) mass is 445 g/mol. The number of rotatable bonds is 8. The standard InChI is InChI=1S/C23H21Cl2NO4/c1-14-3-5-16(23(27)28)10-20(14)26-12-15-4-8-21(22(9-15)29-2)30-13-17-6-7-18(24)11-19(17)25/h3-11,26H,12-13H2,1-2H3,(H,27,28). The van der Waals surface area contributed by atoms with E-state index in [9.17, 15) is 9.90 Å². The van der Waals surface area contributed by atoms with E-state index in [0.717, 1.165) is 22.4 Å². The zero-order valence-electron chi connectivity index (χ0n) is 16.5. The molecule has 0 heterocycles. The zero-order chi connectivity index (χ0) is 21.7. The molecule has 0 amide bonds. The van der Waals surface area contributed by atoms with E-state index in [2.05, 4.69) is 5.32 Å². The van der Waals surface area contributed by atoms with Crippen molar-refractivity contribution in [2.45, 2.75) is 20.1 Å². The van der Waals surface area contributed by atoms with Gasteiger partial charge in [0.25, 0.3) is 0 Å². The first-order valence-corrected chi connectivity index (χ1v) is 9.94. The largest absolute Gasteiger partial charge is 0.493 e. The first kappa shape index (κ1) is 21.8. The van der Waals surface area contributed by atoms with Gasteiger partial charge in [0.2, 0.25) is 0 Å². The molecule has 0 aromatic heterocycles. The van der Waals surface area contributed by atoms with Gasteiger partial charge in [0.05, 0.1) is 12.7 Å². The quantitative estimate of drug-likeness (QED) is 0.431. The molecule has 2 N–H and O–H groups in total. The van der Waals surface area contributed by atoms with E-state index >= 15 is 0 Å². The second kappa shape index (κ2) is 9.74. The Kier molecular flexibility index (Phi) is 7.08. The fourth-order valence-electron chi connectivity index (χ4n) is 2.88. The van der Waals surface area contributed by atoms with Crippen molar-refractivity contribution in [1.29, 1.82) is 0 Å². The predicted octanol–water partition coefficient (Wildman–Crippen LogP) is 6.20. The van der Waals surface area contributed by atoms with E-state index in [4.69, 9.17) is 32.7 Å². The summed E-state index contributed by atoms with van der Waals surface area (Å²) in [6.07, 6.45) is 0. The number of aromatic carboxylic acids is 1. The van der Waals surface area contributed by atoms with E-state index in [1.165, 1.54) is 0 Å². The van der Waals surface area contributed by atoms with Crippen LogP contribution in [0.3, 0.4) is 0 Å². The van der Waals surface area contributed by atoms with Crippen LogP contribution >= 0.6 is 23.2 Å². The molecule has 30 heavy (non-hydrogen) atoms. The van der Waals surface area contributed by atoms with Crippen molar-refractivity contribution in [1.82, 2.24) is 0 Å². The zero-order valence-corrected chi connectivity index (χ0v) is 18.1. The van der Waals surface area contributed by atoms with E-state index < -0.39 is 5.97 Å². The molecule has 0 bridgehead atoms. The normalized spacial score (nSPS) is 10.5. The Morgan fingerprint density at radius 2 is 1.83 bits per heavy atom. The van der Waals surface area contributed by atoms with Crippen molar-refractivity contribution >= 4 is 34.9 Å². The minimum absolute atomic E-state index is 0.241. The highest BCUT2D eigenvalue weighted by Gasteiger charge is 2.10. The highest BCUT2D eigenvalue weighted by Crippen LogP contribution is 2.30. The third-order valence-electron chi connectivity index (χ3n) is 4.59. The molecule has 7 heteroatoms. The molecule has 0 spiro atoms. The molecule has 0 atom stereocenters. The van der Waals surface area contributed by atoms with Crippen molar-refractivity contribution in [3.05, 3.63) is 86.9 Å². The molecular formula is C23H21Cl2NO4.